The van der Waals surface area contributed by atoms with Crippen molar-refractivity contribution in [3.63, 3.8) is 0 Å². The lowest BCUT2D eigenvalue weighted by molar-refractivity contribution is 0.301. The predicted molar refractivity (Wildman–Crippen MR) is 133 cm³/mol. The zero-order valence-corrected chi connectivity index (χ0v) is 19.3. The molecule has 0 saturated carbocycles. The molecule has 2 heterocycles. The summed E-state index contributed by atoms with van der Waals surface area (Å²) in [5, 5.41) is 14.0. The van der Waals surface area contributed by atoms with Crippen LogP contribution in [0.5, 0.6) is 11.5 Å². The fraction of sp³-hybridized carbons (Fsp3) is 0.125. The number of fused-ring (bicyclic) bond motifs is 1. The van der Waals surface area contributed by atoms with Gasteiger partial charge in [-0.15, -0.1) is 12.4 Å². The molecule has 0 atom stereocenters. The Morgan fingerprint density at radius 1 is 1.09 bits per heavy atom. The van der Waals surface area contributed by atoms with Gasteiger partial charge in [-0.25, -0.2) is 0 Å². The summed E-state index contributed by atoms with van der Waals surface area (Å²) in [6.45, 7) is 2.68. The highest BCUT2D eigenvalue weighted by molar-refractivity contribution is 6.32. The summed E-state index contributed by atoms with van der Waals surface area (Å²) < 4.78 is 11.3. The number of anilines is 3. The fourth-order valence-electron chi connectivity index (χ4n) is 3.21. The van der Waals surface area contributed by atoms with E-state index >= 15 is 0 Å². The van der Waals surface area contributed by atoms with Crippen molar-refractivity contribution in [1.29, 1.82) is 5.26 Å². The van der Waals surface area contributed by atoms with Gasteiger partial charge < -0.3 is 20.5 Å². The minimum Gasteiger partial charge on any atom is -0.492 e. The third-order valence-electron chi connectivity index (χ3n) is 4.72. The van der Waals surface area contributed by atoms with Gasteiger partial charge in [-0.1, -0.05) is 17.7 Å². The Kier molecular flexibility index (Phi) is 7.78. The topological polar surface area (TPSA) is 106 Å². The molecule has 0 radical (unpaired) electrons. The maximum absolute atomic E-state index is 9.60. The first-order valence-electron chi connectivity index (χ1n) is 9.93. The molecule has 0 amide bonds. The molecule has 0 saturated heterocycles. The van der Waals surface area contributed by atoms with E-state index in [2.05, 4.69) is 21.4 Å². The molecule has 0 unspecified atom stereocenters. The number of ether oxygens (including phenoxy) is 2. The van der Waals surface area contributed by atoms with Crippen molar-refractivity contribution in [3.8, 4) is 17.6 Å². The Labute approximate surface area is 202 Å². The highest BCUT2D eigenvalue weighted by Crippen LogP contribution is 2.36. The molecule has 0 aliphatic carbocycles. The molecule has 4 aromatic rings. The monoisotopic (exact) mass is 481 g/mol. The van der Waals surface area contributed by atoms with Crippen molar-refractivity contribution in [2.75, 3.05) is 17.7 Å². The number of hydrogen-bond acceptors (Lipinski definition) is 7. The van der Waals surface area contributed by atoms with Crippen LogP contribution in [0, 0.1) is 11.3 Å². The summed E-state index contributed by atoms with van der Waals surface area (Å²) in [4.78, 5) is 8.61. The summed E-state index contributed by atoms with van der Waals surface area (Å²) in [5.74, 6) is 1.09. The number of benzene rings is 2. The van der Waals surface area contributed by atoms with Crippen LogP contribution >= 0.6 is 24.0 Å². The lowest BCUT2D eigenvalue weighted by Gasteiger charge is -2.15. The minimum atomic E-state index is 0. The van der Waals surface area contributed by atoms with Crippen LogP contribution < -0.4 is 20.5 Å². The number of aromatic nitrogens is 2. The number of hydrogen-bond donors (Lipinski definition) is 2. The molecule has 0 fully saturated rings. The molecule has 2 aromatic heterocycles. The van der Waals surface area contributed by atoms with Crippen molar-refractivity contribution in [3.05, 3.63) is 77.2 Å². The highest BCUT2D eigenvalue weighted by atomic mass is 35.5. The van der Waals surface area contributed by atoms with Crippen molar-refractivity contribution >= 4 is 52.0 Å². The smallest absolute Gasteiger partial charge is 0.144 e. The van der Waals surface area contributed by atoms with Crippen LogP contribution in [-0.4, -0.2) is 16.6 Å². The number of nitriles is 1. The Hall–Kier alpha value is -3.73. The summed E-state index contributed by atoms with van der Waals surface area (Å²) in [6.07, 6.45) is 3.23. The number of nitrogens with two attached hydrogens (primary N) is 1. The first kappa shape index (κ1) is 23.9. The molecular formula is C24H21Cl2N5O2. The van der Waals surface area contributed by atoms with Crippen LogP contribution in [-0.2, 0) is 6.61 Å². The molecular weight excluding hydrogens is 461 g/mol. The summed E-state index contributed by atoms with van der Waals surface area (Å²) in [6, 6.07) is 16.6. The average Bonchev–Trinajstić information content (AvgIpc) is 2.80. The largest absolute Gasteiger partial charge is 0.492 e. The van der Waals surface area contributed by atoms with E-state index in [4.69, 9.17) is 26.8 Å². The summed E-state index contributed by atoms with van der Waals surface area (Å²) >= 11 is 6.44. The number of rotatable bonds is 7. The molecule has 0 bridgehead atoms. The second-order valence-electron chi connectivity index (χ2n) is 6.88. The second kappa shape index (κ2) is 10.7. The number of halogens is 2. The fourth-order valence-corrected chi connectivity index (χ4v) is 3.45. The van der Waals surface area contributed by atoms with Crippen LogP contribution in [0.25, 0.3) is 10.9 Å². The zero-order chi connectivity index (χ0) is 22.5. The van der Waals surface area contributed by atoms with Crippen molar-refractivity contribution in [1.82, 2.24) is 9.97 Å². The van der Waals surface area contributed by atoms with Gasteiger partial charge in [0.2, 0.25) is 0 Å². The third-order valence-corrected chi connectivity index (χ3v) is 5.02. The third kappa shape index (κ3) is 5.37. The van der Waals surface area contributed by atoms with Gasteiger partial charge in [-0.2, -0.15) is 5.26 Å². The first-order chi connectivity index (χ1) is 15.6. The van der Waals surface area contributed by atoms with E-state index in [-0.39, 0.29) is 12.4 Å². The van der Waals surface area contributed by atoms with E-state index in [1.165, 1.54) is 6.20 Å². The maximum Gasteiger partial charge on any atom is 0.144 e. The average molecular weight is 482 g/mol. The van der Waals surface area contributed by atoms with Crippen molar-refractivity contribution in [2.45, 2.75) is 13.5 Å². The number of nitrogens with one attached hydrogen (secondary N) is 1. The van der Waals surface area contributed by atoms with E-state index in [0.29, 0.717) is 63.3 Å². The number of nitrogen functional groups attached to an aromatic ring is 1. The molecule has 4 rings (SSSR count). The predicted octanol–water partition coefficient (Wildman–Crippen LogP) is 5.88. The van der Waals surface area contributed by atoms with Crippen LogP contribution in [0.1, 0.15) is 18.2 Å². The molecule has 2 aromatic carbocycles. The second-order valence-corrected chi connectivity index (χ2v) is 7.29. The van der Waals surface area contributed by atoms with Gasteiger partial charge in [-0.05, 0) is 43.3 Å². The molecule has 7 nitrogen and oxygen atoms in total. The molecule has 168 valence electrons. The molecule has 9 heteroatoms. The summed E-state index contributed by atoms with van der Waals surface area (Å²) in [5.41, 5.74) is 9.74. The molecule has 33 heavy (non-hydrogen) atoms. The van der Waals surface area contributed by atoms with Crippen molar-refractivity contribution < 1.29 is 9.47 Å². The zero-order valence-electron chi connectivity index (χ0n) is 17.7. The van der Waals surface area contributed by atoms with Crippen LogP contribution in [0.4, 0.5) is 17.1 Å². The normalized spacial score (nSPS) is 10.2. The van der Waals surface area contributed by atoms with Crippen molar-refractivity contribution in [2.24, 2.45) is 0 Å². The van der Waals surface area contributed by atoms with Gasteiger partial charge in [0.05, 0.1) is 39.8 Å². The molecule has 0 spiro atoms. The van der Waals surface area contributed by atoms with Gasteiger partial charge in [0.1, 0.15) is 24.2 Å². The molecule has 0 aliphatic rings. The SMILES string of the molecule is CCOc1cc2ncc(C#N)c(Nc3ccc(OCc4ccccn4)c(Cl)c3)c2cc1N.Cl. The first-order valence-corrected chi connectivity index (χ1v) is 10.3. The van der Waals surface area contributed by atoms with E-state index in [9.17, 15) is 5.26 Å². The maximum atomic E-state index is 9.60. The lowest BCUT2D eigenvalue weighted by atomic mass is 10.1. The molecule has 0 aliphatic heterocycles. The highest BCUT2D eigenvalue weighted by Gasteiger charge is 2.14. The standard InChI is InChI=1S/C24H20ClN5O2.ClH/c1-2-31-23-11-21-18(10-20(23)27)24(15(12-26)13-29-21)30-16-6-7-22(19(25)9-16)32-14-17-5-3-4-8-28-17;/h3-11,13H,2,14,27H2,1H3,(H,29,30);1H. The van der Waals surface area contributed by atoms with Gasteiger partial charge in [0.15, 0.2) is 0 Å². The Morgan fingerprint density at radius 2 is 1.94 bits per heavy atom. The van der Waals surface area contributed by atoms with Gasteiger partial charge in [0, 0.05) is 29.5 Å². The van der Waals surface area contributed by atoms with Crippen LogP contribution in [0.2, 0.25) is 5.02 Å². The lowest BCUT2D eigenvalue weighted by Crippen LogP contribution is -2.01. The van der Waals surface area contributed by atoms with E-state index in [1.807, 2.05) is 31.2 Å². The molecule has 3 N–H and O–H groups in total. The number of nitrogens with zero attached hydrogens (tertiary/aromatic N) is 3. The van der Waals surface area contributed by atoms with Gasteiger partial charge in [0.25, 0.3) is 0 Å². The van der Waals surface area contributed by atoms with Gasteiger partial charge in [-0.3, -0.25) is 9.97 Å². The quantitative estimate of drug-likeness (QED) is 0.317. The van der Waals surface area contributed by atoms with Crippen LogP contribution in [0.15, 0.2) is 60.9 Å². The van der Waals surface area contributed by atoms with E-state index in [1.54, 1.807) is 30.5 Å². The van der Waals surface area contributed by atoms with Gasteiger partial charge >= 0.3 is 0 Å². The van der Waals surface area contributed by atoms with E-state index in [0.717, 1.165) is 5.69 Å². The van der Waals surface area contributed by atoms with Crippen LogP contribution in [0.3, 0.4) is 0 Å². The van der Waals surface area contributed by atoms with E-state index < -0.39 is 0 Å². The Balaban J connectivity index is 0.00000306. The Bertz CT molecular complexity index is 1310. The number of pyridine rings is 2. The summed E-state index contributed by atoms with van der Waals surface area (Å²) in [7, 11) is 0. The Morgan fingerprint density at radius 3 is 2.64 bits per heavy atom. The minimum absolute atomic E-state index is 0.